The van der Waals surface area contributed by atoms with E-state index in [1.54, 1.807) is 11.8 Å². The number of hydrogen-bond donors (Lipinski definition) is 3. The van der Waals surface area contributed by atoms with Crippen molar-refractivity contribution in [2.75, 3.05) is 17.7 Å². The molecule has 1 atom stereocenters. The summed E-state index contributed by atoms with van der Waals surface area (Å²) in [6.07, 6.45) is 3.94. The van der Waals surface area contributed by atoms with Crippen LogP contribution in [0, 0.1) is 0 Å². The number of hydrogen-bond acceptors (Lipinski definition) is 4. The lowest BCUT2D eigenvalue weighted by molar-refractivity contribution is -0.121. The number of fused-ring (bicyclic) bond motifs is 1. The maximum atomic E-state index is 12.5. The van der Waals surface area contributed by atoms with Gasteiger partial charge in [-0.1, -0.05) is 30.3 Å². The van der Waals surface area contributed by atoms with E-state index in [9.17, 15) is 4.79 Å². The van der Waals surface area contributed by atoms with Gasteiger partial charge in [-0.2, -0.15) is 11.8 Å². The molecule has 0 aliphatic carbocycles. The minimum atomic E-state index is -0.115. The smallest absolute Gasteiger partial charge is 0.220 e. The van der Waals surface area contributed by atoms with E-state index < -0.39 is 0 Å². The largest absolute Gasteiger partial charge is 0.399 e. The lowest BCUT2D eigenvalue weighted by atomic mass is 10.1. The van der Waals surface area contributed by atoms with Crippen LogP contribution < -0.4 is 11.1 Å². The average molecular weight is 369 g/mol. The normalized spacial score (nSPS) is 12.2. The Morgan fingerprint density at radius 3 is 2.77 bits per heavy atom. The minimum absolute atomic E-state index is 0.0137. The lowest BCUT2D eigenvalue weighted by Gasteiger charge is -2.16. The van der Waals surface area contributed by atoms with Crippen molar-refractivity contribution < 1.29 is 4.79 Å². The number of aromatic nitrogens is 2. The molecule has 3 rings (SSSR count). The van der Waals surface area contributed by atoms with E-state index in [0.29, 0.717) is 12.8 Å². The van der Waals surface area contributed by atoms with Crippen LogP contribution in [0.3, 0.4) is 0 Å². The summed E-state index contributed by atoms with van der Waals surface area (Å²) in [5, 5.41) is 3.13. The molecule has 0 aliphatic rings. The zero-order valence-corrected chi connectivity index (χ0v) is 15.7. The molecule has 0 saturated carbocycles. The maximum Gasteiger partial charge on any atom is 0.220 e. The van der Waals surface area contributed by atoms with Gasteiger partial charge in [0.1, 0.15) is 5.82 Å². The minimum Gasteiger partial charge on any atom is -0.399 e. The molecule has 0 aliphatic heterocycles. The molecule has 1 unspecified atom stereocenters. The highest BCUT2D eigenvalue weighted by atomic mass is 32.2. The predicted molar refractivity (Wildman–Crippen MR) is 109 cm³/mol. The fraction of sp³-hybridized carbons (Fsp3) is 0.300. The molecule has 0 spiro atoms. The van der Waals surface area contributed by atoms with Crippen molar-refractivity contribution in [3.05, 3.63) is 59.9 Å². The number of anilines is 1. The quantitative estimate of drug-likeness (QED) is 0.530. The number of amides is 1. The van der Waals surface area contributed by atoms with Crippen LogP contribution in [0.2, 0.25) is 0 Å². The number of nitrogen functional groups attached to an aromatic ring is 1. The average Bonchev–Trinajstić information content (AvgIpc) is 3.08. The van der Waals surface area contributed by atoms with Gasteiger partial charge >= 0.3 is 0 Å². The van der Waals surface area contributed by atoms with Crippen LogP contribution >= 0.6 is 11.8 Å². The Bertz CT molecular complexity index is 844. The van der Waals surface area contributed by atoms with Crippen LogP contribution in [0.5, 0.6) is 0 Å². The van der Waals surface area contributed by atoms with Gasteiger partial charge in [0.15, 0.2) is 0 Å². The summed E-state index contributed by atoms with van der Waals surface area (Å²) in [4.78, 5) is 20.5. The molecule has 1 aromatic heterocycles. The molecule has 3 aromatic rings. The van der Waals surface area contributed by atoms with Gasteiger partial charge in [0.2, 0.25) is 5.91 Å². The van der Waals surface area contributed by atoms with E-state index in [1.807, 2.05) is 48.5 Å². The molecule has 136 valence electrons. The van der Waals surface area contributed by atoms with Crippen LogP contribution in [0.1, 0.15) is 30.3 Å². The fourth-order valence-electron chi connectivity index (χ4n) is 2.93. The van der Waals surface area contributed by atoms with Crippen LogP contribution in [0.4, 0.5) is 5.69 Å². The molecule has 5 nitrogen and oxygen atoms in total. The zero-order valence-electron chi connectivity index (χ0n) is 14.9. The summed E-state index contributed by atoms with van der Waals surface area (Å²) in [5.74, 6) is 1.78. The number of para-hydroxylation sites is 3. The first-order valence-corrected chi connectivity index (χ1v) is 10.1. The van der Waals surface area contributed by atoms with Crippen molar-refractivity contribution in [3.8, 4) is 0 Å². The Morgan fingerprint density at radius 1 is 1.23 bits per heavy atom. The summed E-state index contributed by atoms with van der Waals surface area (Å²) in [7, 11) is 0. The summed E-state index contributed by atoms with van der Waals surface area (Å²) in [6, 6.07) is 15.5. The highest BCUT2D eigenvalue weighted by Crippen LogP contribution is 2.20. The van der Waals surface area contributed by atoms with Crippen molar-refractivity contribution in [2.24, 2.45) is 0 Å². The molecule has 0 bridgehead atoms. The van der Waals surface area contributed by atoms with Crippen LogP contribution in [0.15, 0.2) is 48.5 Å². The van der Waals surface area contributed by atoms with Gasteiger partial charge in [-0.05, 0) is 48.6 Å². The molecule has 26 heavy (non-hydrogen) atoms. The third-order valence-electron chi connectivity index (χ3n) is 4.36. The highest BCUT2D eigenvalue weighted by Gasteiger charge is 2.18. The Balaban J connectivity index is 1.67. The second-order valence-electron chi connectivity index (χ2n) is 6.24. The molecule has 6 heteroatoms. The lowest BCUT2D eigenvalue weighted by Crippen LogP contribution is -2.30. The Morgan fingerprint density at radius 2 is 2.00 bits per heavy atom. The van der Waals surface area contributed by atoms with E-state index >= 15 is 0 Å². The van der Waals surface area contributed by atoms with Gasteiger partial charge in [-0.15, -0.1) is 0 Å². The third kappa shape index (κ3) is 4.58. The van der Waals surface area contributed by atoms with Crippen molar-refractivity contribution in [2.45, 2.75) is 25.3 Å². The first kappa shape index (κ1) is 18.3. The number of rotatable bonds is 8. The number of carbonyl (C=O) groups excluding carboxylic acids is 1. The molecule has 2 aromatic carbocycles. The predicted octanol–water partition coefficient (Wildman–Crippen LogP) is 3.69. The Hall–Kier alpha value is -2.47. The molecule has 4 N–H and O–H groups in total. The second kappa shape index (κ2) is 8.76. The van der Waals surface area contributed by atoms with Crippen LogP contribution in [0.25, 0.3) is 11.0 Å². The van der Waals surface area contributed by atoms with Crippen LogP contribution in [-0.2, 0) is 11.2 Å². The first-order chi connectivity index (χ1) is 12.7. The molecule has 1 amide bonds. The number of aryl methyl sites for hydroxylation is 1. The number of nitrogens with one attached hydrogen (secondary N) is 2. The topological polar surface area (TPSA) is 83.8 Å². The van der Waals surface area contributed by atoms with Gasteiger partial charge < -0.3 is 16.0 Å². The van der Waals surface area contributed by atoms with Crippen molar-refractivity contribution in [1.29, 1.82) is 0 Å². The molecular formula is C20H24N4OS. The molecule has 1 heterocycles. The number of nitrogens with two attached hydrogens (primary N) is 1. The third-order valence-corrected chi connectivity index (χ3v) is 5.00. The van der Waals surface area contributed by atoms with E-state index in [0.717, 1.165) is 40.3 Å². The number of benzene rings is 2. The van der Waals surface area contributed by atoms with Gasteiger partial charge in [-0.3, -0.25) is 4.79 Å². The number of imidazole rings is 1. The molecular weight excluding hydrogens is 344 g/mol. The maximum absolute atomic E-state index is 12.5. The van der Waals surface area contributed by atoms with E-state index in [-0.39, 0.29) is 11.9 Å². The highest BCUT2D eigenvalue weighted by molar-refractivity contribution is 7.98. The van der Waals surface area contributed by atoms with Crippen LogP contribution in [-0.4, -0.2) is 27.9 Å². The van der Waals surface area contributed by atoms with E-state index in [1.165, 1.54) is 0 Å². The first-order valence-electron chi connectivity index (χ1n) is 8.73. The van der Waals surface area contributed by atoms with Crippen molar-refractivity contribution >= 4 is 34.4 Å². The molecule has 0 fully saturated rings. The molecule has 0 saturated heterocycles. The second-order valence-corrected chi connectivity index (χ2v) is 7.23. The summed E-state index contributed by atoms with van der Waals surface area (Å²) < 4.78 is 0. The van der Waals surface area contributed by atoms with Crippen molar-refractivity contribution in [1.82, 2.24) is 15.3 Å². The number of thioether (sulfide) groups is 1. The fourth-order valence-corrected chi connectivity index (χ4v) is 3.40. The standard InChI is InChI=1S/C20H24N4OS/c1-26-13-12-18(20-23-16-8-4-5-9-17(16)24-20)22-19(25)11-10-14-6-2-3-7-15(14)21/h2-9,18H,10-13,21H2,1H3,(H,22,25)(H,23,24). The van der Waals surface area contributed by atoms with Gasteiger partial charge in [-0.25, -0.2) is 4.98 Å². The Kier molecular flexibility index (Phi) is 6.17. The summed E-state index contributed by atoms with van der Waals surface area (Å²) in [5.41, 5.74) is 9.61. The van der Waals surface area contributed by atoms with Gasteiger partial charge in [0.05, 0.1) is 17.1 Å². The van der Waals surface area contributed by atoms with E-state index in [4.69, 9.17) is 5.73 Å². The summed E-state index contributed by atoms with van der Waals surface area (Å²) >= 11 is 1.76. The summed E-state index contributed by atoms with van der Waals surface area (Å²) in [6.45, 7) is 0. The SMILES string of the molecule is CSCCC(NC(=O)CCc1ccccc1N)c1nc2ccccc2[nH]1. The van der Waals surface area contributed by atoms with E-state index in [2.05, 4.69) is 21.5 Å². The number of aromatic amines is 1. The van der Waals surface area contributed by atoms with Crippen molar-refractivity contribution in [3.63, 3.8) is 0 Å². The number of H-pyrrole nitrogens is 1. The Labute approximate surface area is 157 Å². The monoisotopic (exact) mass is 368 g/mol. The number of nitrogens with zero attached hydrogens (tertiary/aromatic N) is 1. The van der Waals surface area contributed by atoms with Gasteiger partial charge in [0.25, 0.3) is 0 Å². The number of carbonyl (C=O) groups is 1. The van der Waals surface area contributed by atoms with Gasteiger partial charge in [0, 0.05) is 12.1 Å². The molecule has 0 radical (unpaired) electrons. The zero-order chi connectivity index (χ0) is 18.4.